The van der Waals surface area contributed by atoms with Crippen molar-refractivity contribution in [2.45, 2.75) is 56.8 Å². The summed E-state index contributed by atoms with van der Waals surface area (Å²) < 4.78 is 33.4. The van der Waals surface area contributed by atoms with Crippen LogP contribution >= 0.6 is 0 Å². The predicted octanol–water partition coefficient (Wildman–Crippen LogP) is 5.12. The Morgan fingerprint density at radius 2 is 1.56 bits per heavy atom. The van der Waals surface area contributed by atoms with Crippen LogP contribution in [-0.4, -0.2) is 27.6 Å². The van der Waals surface area contributed by atoms with E-state index < -0.39 is 18.3 Å². The van der Waals surface area contributed by atoms with Crippen molar-refractivity contribution >= 4 is 18.3 Å². The first-order valence-electron chi connectivity index (χ1n) is 9.29. The molecule has 0 amide bonds. The Morgan fingerprint density at radius 3 is 2.07 bits per heavy atom. The number of hydrogen-bond acceptors (Lipinski definition) is 3. The van der Waals surface area contributed by atoms with Crippen LogP contribution in [0.25, 0.3) is 0 Å². The van der Waals surface area contributed by atoms with Gasteiger partial charge in [-0.05, 0) is 54.9 Å². The van der Waals surface area contributed by atoms with Gasteiger partial charge in [-0.3, -0.25) is 0 Å². The summed E-state index contributed by atoms with van der Waals surface area (Å²) in [5.41, 5.74) is 2.06. The fraction of sp³-hybridized carbons (Fsp3) is 0.429. The van der Waals surface area contributed by atoms with Crippen LogP contribution in [0, 0.1) is 6.92 Å². The van der Waals surface area contributed by atoms with Crippen molar-refractivity contribution in [3.05, 3.63) is 59.7 Å². The molecule has 1 saturated heterocycles. The third-order valence-corrected chi connectivity index (χ3v) is 11.9. The molecule has 0 N–H and O–H groups in total. The number of nitrogens with zero attached hydrogens (tertiary/aromatic N) is 1. The summed E-state index contributed by atoms with van der Waals surface area (Å²) in [6.45, 7) is 13.6. The minimum absolute atomic E-state index is 0.0850. The highest BCUT2D eigenvalue weighted by Crippen LogP contribution is 2.41. The quantitative estimate of drug-likeness (QED) is 0.514. The van der Waals surface area contributed by atoms with Crippen molar-refractivity contribution in [1.82, 2.24) is 4.31 Å². The molecule has 0 radical (unpaired) electrons. The molecule has 0 saturated carbocycles. The second-order valence-corrected chi connectivity index (χ2v) is 15.5. The molecule has 2 atom stereocenters. The Kier molecular flexibility index (Phi) is 5.03. The van der Waals surface area contributed by atoms with Gasteiger partial charge < -0.3 is 4.43 Å². The molecule has 4 nitrogen and oxygen atoms in total. The van der Waals surface area contributed by atoms with Crippen LogP contribution < -0.4 is 4.43 Å². The Bertz CT molecular complexity index is 913. The number of rotatable bonds is 5. The van der Waals surface area contributed by atoms with E-state index in [0.29, 0.717) is 11.4 Å². The second-order valence-electron chi connectivity index (χ2n) is 8.83. The molecular formula is C21H29NO3SSi. The lowest BCUT2D eigenvalue weighted by atomic mass is 10.1. The lowest BCUT2D eigenvalue weighted by Crippen LogP contribution is -2.43. The van der Waals surface area contributed by atoms with E-state index in [-0.39, 0.29) is 11.1 Å². The molecule has 6 heteroatoms. The van der Waals surface area contributed by atoms with Crippen molar-refractivity contribution in [2.24, 2.45) is 0 Å². The molecule has 27 heavy (non-hydrogen) atoms. The van der Waals surface area contributed by atoms with Crippen LogP contribution in [0.5, 0.6) is 5.75 Å². The average molecular weight is 404 g/mol. The van der Waals surface area contributed by atoms with Crippen LogP contribution in [0.3, 0.4) is 0 Å². The topological polar surface area (TPSA) is 46.4 Å². The molecule has 2 aromatic carbocycles. The average Bonchev–Trinajstić information content (AvgIpc) is 3.36. The molecule has 0 aromatic heterocycles. The van der Waals surface area contributed by atoms with Gasteiger partial charge in [0.1, 0.15) is 5.75 Å². The highest BCUT2D eigenvalue weighted by atomic mass is 32.2. The lowest BCUT2D eigenvalue weighted by molar-refractivity contribution is 0.492. The van der Waals surface area contributed by atoms with Gasteiger partial charge in [0.05, 0.1) is 10.9 Å². The maximum atomic E-state index is 12.8. The summed E-state index contributed by atoms with van der Waals surface area (Å²) in [5.74, 6) is 0.860. The lowest BCUT2D eigenvalue weighted by Gasteiger charge is -2.36. The Morgan fingerprint density at radius 1 is 1.00 bits per heavy atom. The first-order chi connectivity index (χ1) is 12.4. The van der Waals surface area contributed by atoms with Crippen molar-refractivity contribution in [3.8, 4) is 5.75 Å². The monoisotopic (exact) mass is 403 g/mol. The molecule has 0 bridgehead atoms. The molecule has 3 rings (SSSR count). The van der Waals surface area contributed by atoms with E-state index in [2.05, 4.69) is 33.9 Å². The van der Waals surface area contributed by atoms with Crippen molar-refractivity contribution < 1.29 is 12.8 Å². The normalized spacial score (nSPS) is 20.4. The Hall–Kier alpha value is -1.63. The van der Waals surface area contributed by atoms with E-state index in [1.807, 2.05) is 43.3 Å². The summed E-state index contributed by atoms with van der Waals surface area (Å²) in [7, 11) is -5.30. The maximum Gasteiger partial charge on any atom is 0.250 e. The molecule has 146 valence electrons. The van der Waals surface area contributed by atoms with Gasteiger partial charge in [0.2, 0.25) is 18.3 Å². The molecule has 0 aliphatic carbocycles. The van der Waals surface area contributed by atoms with Crippen LogP contribution in [0.1, 0.15) is 37.9 Å². The predicted molar refractivity (Wildman–Crippen MR) is 112 cm³/mol. The smallest absolute Gasteiger partial charge is 0.250 e. The first-order valence-corrected chi connectivity index (χ1v) is 13.6. The van der Waals surface area contributed by atoms with Gasteiger partial charge in [-0.1, -0.05) is 50.6 Å². The minimum Gasteiger partial charge on any atom is -0.544 e. The summed E-state index contributed by atoms with van der Waals surface area (Å²) in [4.78, 5) is 0.355. The van der Waals surface area contributed by atoms with Crippen LogP contribution in [0.2, 0.25) is 18.1 Å². The van der Waals surface area contributed by atoms with Crippen LogP contribution in [0.15, 0.2) is 53.4 Å². The summed E-state index contributed by atoms with van der Waals surface area (Å²) >= 11 is 0. The summed E-state index contributed by atoms with van der Waals surface area (Å²) in [6.07, 6.45) is 0. The van der Waals surface area contributed by atoms with E-state index in [9.17, 15) is 8.42 Å². The van der Waals surface area contributed by atoms with Gasteiger partial charge in [-0.15, -0.1) is 0 Å². The number of aryl methyl sites for hydroxylation is 1. The molecule has 2 aromatic rings. The molecule has 1 fully saturated rings. The van der Waals surface area contributed by atoms with Gasteiger partial charge in [-0.2, -0.15) is 4.31 Å². The SMILES string of the molecule is Cc1ccc(S(=O)(=O)N2CC2c2ccc(O[Si](C)(C)C(C)(C)C)cc2)cc1. The Balaban J connectivity index is 1.72. The molecule has 1 aliphatic rings. The fourth-order valence-electron chi connectivity index (χ4n) is 2.71. The third-order valence-electron chi connectivity index (χ3n) is 5.64. The highest BCUT2D eigenvalue weighted by Gasteiger charge is 2.45. The van der Waals surface area contributed by atoms with Gasteiger partial charge in [0.15, 0.2) is 0 Å². The van der Waals surface area contributed by atoms with Gasteiger partial charge >= 0.3 is 0 Å². The van der Waals surface area contributed by atoms with E-state index in [1.165, 1.54) is 0 Å². The van der Waals surface area contributed by atoms with Gasteiger partial charge in [0.25, 0.3) is 0 Å². The molecule has 0 spiro atoms. The fourth-order valence-corrected chi connectivity index (χ4v) is 5.29. The Labute approximate surface area is 164 Å². The van der Waals surface area contributed by atoms with E-state index in [4.69, 9.17) is 4.43 Å². The second kappa shape index (κ2) is 6.76. The van der Waals surface area contributed by atoms with Gasteiger partial charge in [-0.25, -0.2) is 8.42 Å². The van der Waals surface area contributed by atoms with Crippen LogP contribution in [-0.2, 0) is 10.0 Å². The highest BCUT2D eigenvalue weighted by molar-refractivity contribution is 7.89. The standard InChI is InChI=1S/C21H29NO3SSi/c1-16-7-13-19(14-8-16)26(23,24)22-15-20(22)17-9-11-18(12-10-17)25-27(5,6)21(2,3)4/h7-14,20H,15H2,1-6H3. The third kappa shape index (κ3) is 4.12. The maximum absolute atomic E-state index is 12.8. The largest absolute Gasteiger partial charge is 0.544 e. The van der Waals surface area contributed by atoms with Crippen molar-refractivity contribution in [2.75, 3.05) is 6.54 Å². The minimum atomic E-state index is -3.43. The summed E-state index contributed by atoms with van der Waals surface area (Å²) in [5, 5.41) is 0.140. The first kappa shape index (κ1) is 20.1. The molecule has 1 heterocycles. The van der Waals surface area contributed by atoms with E-state index in [1.54, 1.807) is 16.4 Å². The molecule has 1 aliphatic heterocycles. The zero-order chi connectivity index (χ0) is 20.0. The number of sulfonamides is 1. The van der Waals surface area contributed by atoms with Crippen LogP contribution in [0.4, 0.5) is 0 Å². The van der Waals surface area contributed by atoms with Crippen molar-refractivity contribution in [1.29, 1.82) is 0 Å². The molecular weight excluding hydrogens is 374 g/mol. The molecule has 2 unspecified atom stereocenters. The zero-order valence-electron chi connectivity index (χ0n) is 17.0. The summed E-state index contributed by atoms with van der Waals surface area (Å²) in [6, 6.07) is 14.8. The van der Waals surface area contributed by atoms with Crippen molar-refractivity contribution in [3.63, 3.8) is 0 Å². The zero-order valence-corrected chi connectivity index (χ0v) is 18.8. The number of hydrogen-bond donors (Lipinski definition) is 0. The van der Waals surface area contributed by atoms with E-state index >= 15 is 0 Å². The number of benzene rings is 2. The van der Waals surface area contributed by atoms with E-state index in [0.717, 1.165) is 16.9 Å². The van der Waals surface area contributed by atoms with Gasteiger partial charge in [0, 0.05) is 6.54 Å².